The number of hydrogen-bond acceptors (Lipinski definition) is 13. The van der Waals surface area contributed by atoms with Crippen LogP contribution in [0.15, 0.2) is 41.3 Å². The fraction of sp³-hybridized carbons (Fsp3) is 0.435. The number of non-ortho nitro benzene ring substituents is 1. The van der Waals surface area contributed by atoms with Crippen LogP contribution in [0.2, 0.25) is 0 Å². The van der Waals surface area contributed by atoms with Crippen LogP contribution in [0, 0.1) is 25.1 Å². The van der Waals surface area contributed by atoms with Gasteiger partial charge in [-0.25, -0.2) is 8.42 Å². The van der Waals surface area contributed by atoms with Crippen molar-refractivity contribution in [3.05, 3.63) is 61.5 Å². The van der Waals surface area contributed by atoms with E-state index in [4.69, 9.17) is 13.8 Å². The van der Waals surface area contributed by atoms with E-state index in [9.17, 15) is 48.0 Å². The van der Waals surface area contributed by atoms with Gasteiger partial charge in [-0.05, 0) is 41.0 Å². The molecule has 17 nitrogen and oxygen atoms in total. The number of carbonyl (C=O) groups excluding carboxylic acids is 1. The number of aliphatic hydroxyl groups excluding tert-OH is 1. The fourth-order valence-electron chi connectivity index (χ4n) is 3.28. The lowest BCUT2D eigenvalue weighted by Gasteiger charge is -2.23. The molecule has 0 aliphatic carbocycles. The van der Waals surface area contributed by atoms with Gasteiger partial charge >= 0.3 is 11.4 Å². The highest BCUT2D eigenvalue weighted by Crippen LogP contribution is 2.45. The van der Waals surface area contributed by atoms with E-state index in [1.165, 1.54) is 12.5 Å². The largest absolute Gasteiger partial charge is 0.744 e. The lowest BCUT2D eigenvalue weighted by Crippen LogP contribution is -2.23. The Balaban J connectivity index is 2.03. The number of amides is 1. The number of nitrogens with zero attached hydrogens (tertiary/aromatic N) is 3. The van der Waals surface area contributed by atoms with Crippen molar-refractivity contribution in [2.24, 2.45) is 0 Å². The summed E-state index contributed by atoms with van der Waals surface area (Å²) in [5, 5.41) is 35.0. The molecule has 0 radical (unpaired) electrons. The molecule has 0 aromatic heterocycles. The van der Waals surface area contributed by atoms with Gasteiger partial charge in [-0.3, -0.25) is 25.0 Å². The van der Waals surface area contributed by atoms with Crippen LogP contribution in [-0.4, -0.2) is 82.9 Å². The lowest BCUT2D eigenvalue weighted by molar-refractivity contribution is -0.698. The molecular formula is C23H30N4O13S2. The molecule has 0 bridgehead atoms. The van der Waals surface area contributed by atoms with Gasteiger partial charge in [0.05, 0.1) is 27.4 Å². The zero-order valence-electron chi connectivity index (χ0n) is 22.8. The van der Waals surface area contributed by atoms with Crippen molar-refractivity contribution in [2.75, 3.05) is 43.4 Å². The summed E-state index contributed by atoms with van der Waals surface area (Å²) in [7, 11) is -8.16. The summed E-state index contributed by atoms with van der Waals surface area (Å²) in [4.78, 5) is 43.2. The highest BCUT2D eigenvalue weighted by Gasteiger charge is 2.40. The Bertz CT molecular complexity index is 1420. The molecule has 2 aromatic carbocycles. The maximum atomic E-state index is 12.7. The molecule has 0 fully saturated rings. The standard InChI is InChI=1S/C23H30N4O13S2/c1-4-10-38-14-18(28)15-39-19-7-5-16(6-8-19)24-22(29)9-11-41(2,3)40-27(34)21-13-17(25(30)31)12-20(26(32)33)23(21)42(35,36)37/h5-8,12-13,18,28H,4,9-11,14-15H2,1-3H3,(H-,24,29,35,36,37). The van der Waals surface area contributed by atoms with Crippen molar-refractivity contribution < 1.29 is 51.4 Å². The summed E-state index contributed by atoms with van der Waals surface area (Å²) in [6, 6.07) is 6.88. The average Bonchev–Trinajstić information content (AvgIpc) is 2.90. The minimum atomic E-state index is -5.65. The second kappa shape index (κ2) is 14.8. The normalized spacial score (nSPS) is 12.7. The number of benzene rings is 2. The van der Waals surface area contributed by atoms with Crippen LogP contribution in [0.3, 0.4) is 0 Å². The molecule has 19 heteroatoms. The Morgan fingerprint density at radius 3 is 2.19 bits per heavy atom. The van der Waals surface area contributed by atoms with E-state index in [1.807, 2.05) is 6.92 Å². The maximum absolute atomic E-state index is 12.7. The van der Waals surface area contributed by atoms with Gasteiger partial charge in [0.2, 0.25) is 10.8 Å². The summed E-state index contributed by atoms with van der Waals surface area (Å²) in [6.45, 7) is 2.62. The number of rotatable bonds is 17. The molecule has 2 aromatic rings. The Kier molecular flexibility index (Phi) is 12.1. The summed E-state index contributed by atoms with van der Waals surface area (Å²) >= 11 is 0. The summed E-state index contributed by atoms with van der Waals surface area (Å²) in [5.41, 5.74) is -3.31. The first-order valence-electron chi connectivity index (χ1n) is 12.1. The van der Waals surface area contributed by atoms with Crippen LogP contribution in [0.5, 0.6) is 5.75 Å². The van der Waals surface area contributed by atoms with Crippen molar-refractivity contribution in [3.63, 3.8) is 0 Å². The number of nitro benzene ring substituents is 2. The molecule has 0 spiro atoms. The van der Waals surface area contributed by atoms with Crippen LogP contribution in [0.4, 0.5) is 22.7 Å². The van der Waals surface area contributed by atoms with Crippen molar-refractivity contribution in [1.29, 1.82) is 0 Å². The number of anilines is 1. The number of nitrogens with one attached hydrogen (secondary N) is 1. The minimum absolute atomic E-state index is 0.00985. The fourth-order valence-corrected chi connectivity index (χ4v) is 5.26. The molecule has 232 valence electrons. The average molecular weight is 635 g/mol. The number of ether oxygens (including phenoxy) is 2. The second-order valence-electron chi connectivity index (χ2n) is 9.12. The molecule has 1 amide bonds. The number of carbonyl (C=O) groups is 1. The SMILES string of the molecule is CCCOCC(O)COc1ccc(NC(=O)CCS(C)(C)O[N+](=O)c2cc([N+](=O)[O-])cc([N+](=O)[O-])c2S(=O)(=O)[O-])cc1. The predicted octanol–water partition coefficient (Wildman–Crippen LogP) is 2.92. The second-order valence-corrected chi connectivity index (χ2v) is 13.9. The summed E-state index contributed by atoms with van der Waals surface area (Å²) in [5.74, 6) is -0.103. The van der Waals surface area contributed by atoms with Crippen LogP contribution in [-0.2, 0) is 23.9 Å². The van der Waals surface area contributed by atoms with Gasteiger partial charge in [0.1, 0.15) is 34.6 Å². The van der Waals surface area contributed by atoms with Crippen molar-refractivity contribution >= 4 is 49.1 Å². The highest BCUT2D eigenvalue weighted by atomic mass is 32.3. The molecule has 0 aliphatic heterocycles. The Morgan fingerprint density at radius 2 is 1.64 bits per heavy atom. The monoisotopic (exact) mass is 634 g/mol. The lowest BCUT2D eigenvalue weighted by atomic mass is 10.2. The molecule has 2 N–H and O–H groups in total. The zero-order chi connectivity index (χ0) is 31.7. The molecular weight excluding hydrogens is 604 g/mol. The Morgan fingerprint density at radius 1 is 1.02 bits per heavy atom. The van der Waals surface area contributed by atoms with E-state index in [0.717, 1.165) is 6.42 Å². The van der Waals surface area contributed by atoms with E-state index < -0.39 is 69.2 Å². The van der Waals surface area contributed by atoms with E-state index in [1.54, 1.807) is 24.3 Å². The highest BCUT2D eigenvalue weighted by molar-refractivity contribution is 8.28. The molecule has 2 rings (SSSR count). The van der Waals surface area contributed by atoms with Gasteiger partial charge in [-0.2, -0.15) is 4.28 Å². The molecule has 0 saturated carbocycles. The molecule has 42 heavy (non-hydrogen) atoms. The first kappa shape index (κ1) is 34.3. The molecule has 0 heterocycles. The van der Waals surface area contributed by atoms with Gasteiger partial charge in [-0.1, -0.05) is 6.92 Å². The topological polar surface area (TPSA) is 241 Å². The molecule has 0 saturated heterocycles. The first-order chi connectivity index (χ1) is 19.5. The third-order valence-corrected chi connectivity index (χ3v) is 7.86. The van der Waals surface area contributed by atoms with Crippen LogP contribution in [0.1, 0.15) is 19.8 Å². The van der Waals surface area contributed by atoms with Crippen molar-refractivity contribution in [1.82, 2.24) is 0 Å². The number of aliphatic hydroxyl groups is 1. The Labute approximate surface area is 241 Å². The molecule has 1 atom stereocenters. The van der Waals surface area contributed by atoms with Crippen LogP contribution < -0.4 is 10.1 Å². The molecule has 0 aliphatic rings. The van der Waals surface area contributed by atoms with Crippen molar-refractivity contribution in [2.45, 2.75) is 30.8 Å². The predicted molar refractivity (Wildman–Crippen MR) is 149 cm³/mol. The number of hydrogen-bond donors (Lipinski definition) is 2. The minimum Gasteiger partial charge on any atom is -0.744 e. The smallest absolute Gasteiger partial charge is 0.349 e. The first-order valence-corrected chi connectivity index (χ1v) is 16.1. The quantitative estimate of drug-likeness (QED) is 0.110. The van der Waals surface area contributed by atoms with Crippen LogP contribution >= 0.6 is 10.3 Å². The summed E-state index contributed by atoms with van der Waals surface area (Å²) < 4.78 is 51.1. The van der Waals surface area contributed by atoms with Gasteiger partial charge in [0, 0.05) is 37.0 Å². The summed E-state index contributed by atoms with van der Waals surface area (Å²) in [6.07, 6.45) is 2.66. The zero-order valence-corrected chi connectivity index (χ0v) is 24.4. The van der Waals surface area contributed by atoms with Crippen molar-refractivity contribution in [3.8, 4) is 5.75 Å². The molecule has 1 unspecified atom stereocenters. The third kappa shape index (κ3) is 10.5. The van der Waals surface area contributed by atoms with Gasteiger partial charge in [0.15, 0.2) is 0 Å². The number of nitro groups is 2. The maximum Gasteiger partial charge on any atom is 0.349 e. The van der Waals surface area contributed by atoms with E-state index in [0.29, 0.717) is 24.1 Å². The van der Waals surface area contributed by atoms with Gasteiger partial charge in [-0.15, -0.1) is 0 Å². The van der Waals surface area contributed by atoms with E-state index >= 15 is 0 Å². The van der Waals surface area contributed by atoms with Gasteiger partial charge in [0.25, 0.3) is 10.6 Å². The van der Waals surface area contributed by atoms with E-state index in [-0.39, 0.29) is 31.5 Å². The Hall–Kier alpha value is -3.91. The van der Waals surface area contributed by atoms with Crippen LogP contribution in [0.25, 0.3) is 0 Å². The third-order valence-electron chi connectivity index (χ3n) is 5.22. The van der Waals surface area contributed by atoms with Gasteiger partial charge < -0.3 is 24.4 Å². The van der Waals surface area contributed by atoms with E-state index in [2.05, 4.69) is 5.32 Å².